The summed E-state index contributed by atoms with van der Waals surface area (Å²) in [5.41, 5.74) is 2.93. The van der Waals surface area contributed by atoms with E-state index in [-0.39, 0.29) is 24.6 Å². The van der Waals surface area contributed by atoms with Crippen LogP contribution in [-0.4, -0.2) is 55.2 Å². The molecule has 0 atom stereocenters. The van der Waals surface area contributed by atoms with Gasteiger partial charge in [-0.3, -0.25) is 5.10 Å². The number of benzene rings is 1. The van der Waals surface area contributed by atoms with Gasteiger partial charge in [-0.05, 0) is 61.9 Å². The number of hydrogen-bond donors (Lipinski definition) is 3. The van der Waals surface area contributed by atoms with Crippen LogP contribution in [0.25, 0.3) is 27.8 Å². The number of carboxylic acids is 1. The third kappa shape index (κ3) is 3.88. The molecular formula is C26H29FN4O4. The molecule has 8 nitrogen and oxygen atoms in total. The maximum absolute atomic E-state index is 13.8. The molecule has 1 fully saturated rings. The Morgan fingerprint density at radius 2 is 1.97 bits per heavy atom. The molecule has 1 aliphatic carbocycles. The van der Waals surface area contributed by atoms with E-state index in [2.05, 4.69) is 28.6 Å². The second-order valence-electron chi connectivity index (χ2n) is 10.2. The van der Waals surface area contributed by atoms with Crippen LogP contribution in [0.15, 0.2) is 36.5 Å². The monoisotopic (exact) mass is 480 g/mol. The van der Waals surface area contributed by atoms with E-state index in [1.165, 1.54) is 12.1 Å². The summed E-state index contributed by atoms with van der Waals surface area (Å²) in [5.74, 6) is -1.52. The molecule has 3 heterocycles. The fourth-order valence-corrected chi connectivity index (χ4v) is 5.53. The van der Waals surface area contributed by atoms with Gasteiger partial charge in [-0.25, -0.2) is 14.2 Å². The molecule has 4 aromatic rings. The number of pyridine rings is 1. The van der Waals surface area contributed by atoms with E-state index in [9.17, 15) is 19.4 Å². The quantitative estimate of drug-likeness (QED) is 0.376. The van der Waals surface area contributed by atoms with Crippen molar-refractivity contribution in [3.8, 4) is 5.69 Å². The van der Waals surface area contributed by atoms with E-state index in [1.54, 1.807) is 25.4 Å². The maximum atomic E-state index is 13.8. The molecule has 5 rings (SSSR count). The zero-order valence-electron chi connectivity index (χ0n) is 20.0. The Labute approximate surface area is 201 Å². The summed E-state index contributed by atoms with van der Waals surface area (Å²) in [6.45, 7) is 4.62. The SMILES string of the molecule is COCC(C)(C)c1c(C2CCC(O)(C(=O)O)CC2)c2nc3[nH]ncc3cc2n1-c1ccc(F)cc1. The van der Waals surface area contributed by atoms with E-state index in [1.807, 2.05) is 6.07 Å². The summed E-state index contributed by atoms with van der Waals surface area (Å²) in [6, 6.07) is 8.39. The normalized spacial score (nSPS) is 21.1. The zero-order chi connectivity index (χ0) is 25.0. The molecule has 3 aromatic heterocycles. The summed E-state index contributed by atoms with van der Waals surface area (Å²) in [4.78, 5) is 16.6. The number of aromatic nitrogens is 4. The second kappa shape index (κ2) is 8.42. The number of halogens is 1. The first-order valence-corrected chi connectivity index (χ1v) is 11.7. The number of carbonyl (C=O) groups is 1. The number of methoxy groups -OCH3 is 1. The standard InChI is InChI=1S/C26H29FN4O4/c1-25(2,14-35-3)22-20(15-8-10-26(34,11-9-15)24(32)33)21-19(12-16-13-28-30-23(16)29-21)31(22)18-6-4-17(27)5-7-18/h4-7,12-13,15,34H,8-11,14H2,1-3H3,(H,32,33)(H,28,29,30). The Morgan fingerprint density at radius 1 is 1.29 bits per heavy atom. The number of carboxylic acid groups (broad SMARTS) is 1. The smallest absolute Gasteiger partial charge is 0.335 e. The third-order valence-electron chi connectivity index (χ3n) is 7.23. The highest BCUT2D eigenvalue weighted by Crippen LogP contribution is 2.47. The van der Waals surface area contributed by atoms with Crippen LogP contribution < -0.4 is 0 Å². The van der Waals surface area contributed by atoms with Gasteiger partial charge in [0.1, 0.15) is 5.82 Å². The average molecular weight is 481 g/mol. The molecule has 0 bridgehead atoms. The predicted molar refractivity (Wildman–Crippen MR) is 129 cm³/mol. The molecule has 1 aliphatic rings. The number of aromatic amines is 1. The van der Waals surface area contributed by atoms with E-state index in [4.69, 9.17) is 9.72 Å². The lowest BCUT2D eigenvalue weighted by atomic mass is 9.73. The summed E-state index contributed by atoms with van der Waals surface area (Å²) in [7, 11) is 1.66. The van der Waals surface area contributed by atoms with E-state index < -0.39 is 17.0 Å². The highest BCUT2D eigenvalue weighted by molar-refractivity contribution is 5.94. The largest absolute Gasteiger partial charge is 0.479 e. The second-order valence-corrected chi connectivity index (χ2v) is 10.2. The lowest BCUT2D eigenvalue weighted by molar-refractivity contribution is -0.162. The van der Waals surface area contributed by atoms with Crippen LogP contribution in [0.2, 0.25) is 0 Å². The Kier molecular flexibility index (Phi) is 5.64. The van der Waals surface area contributed by atoms with Crippen molar-refractivity contribution in [2.45, 2.75) is 56.5 Å². The number of fused-ring (bicyclic) bond motifs is 2. The Bertz CT molecular complexity index is 1400. The van der Waals surface area contributed by atoms with Gasteiger partial charge in [0.2, 0.25) is 0 Å². The van der Waals surface area contributed by atoms with Gasteiger partial charge in [0.05, 0.1) is 23.8 Å². The van der Waals surface area contributed by atoms with Gasteiger partial charge in [-0.1, -0.05) is 13.8 Å². The van der Waals surface area contributed by atoms with Gasteiger partial charge >= 0.3 is 5.97 Å². The Balaban J connectivity index is 1.80. The molecule has 0 amide bonds. The van der Waals surface area contributed by atoms with Gasteiger partial charge in [0, 0.05) is 34.9 Å². The number of rotatable bonds is 6. The van der Waals surface area contributed by atoms with Crippen molar-refractivity contribution in [3.63, 3.8) is 0 Å². The molecule has 35 heavy (non-hydrogen) atoms. The highest BCUT2D eigenvalue weighted by atomic mass is 19.1. The van der Waals surface area contributed by atoms with Crippen molar-refractivity contribution in [3.05, 3.63) is 53.6 Å². The molecule has 0 radical (unpaired) electrons. The zero-order valence-corrected chi connectivity index (χ0v) is 20.0. The van der Waals surface area contributed by atoms with Crippen molar-refractivity contribution < 1.29 is 24.1 Å². The lowest BCUT2D eigenvalue weighted by Gasteiger charge is -2.35. The minimum absolute atomic E-state index is 0.0159. The molecule has 0 aliphatic heterocycles. The van der Waals surface area contributed by atoms with Crippen LogP contribution in [0.4, 0.5) is 4.39 Å². The molecule has 9 heteroatoms. The summed E-state index contributed by atoms with van der Waals surface area (Å²) in [5, 5.41) is 28.0. The van der Waals surface area contributed by atoms with Crippen LogP contribution in [0.5, 0.6) is 0 Å². The Morgan fingerprint density at radius 3 is 2.60 bits per heavy atom. The van der Waals surface area contributed by atoms with Crippen LogP contribution in [0.3, 0.4) is 0 Å². The molecule has 3 N–H and O–H groups in total. The van der Waals surface area contributed by atoms with Crippen molar-refractivity contribution in [2.75, 3.05) is 13.7 Å². The molecule has 1 saturated carbocycles. The van der Waals surface area contributed by atoms with Crippen LogP contribution in [0, 0.1) is 5.82 Å². The topological polar surface area (TPSA) is 113 Å². The van der Waals surface area contributed by atoms with Crippen molar-refractivity contribution in [1.29, 1.82) is 0 Å². The van der Waals surface area contributed by atoms with Gasteiger partial charge in [0.15, 0.2) is 11.2 Å². The maximum Gasteiger partial charge on any atom is 0.335 e. The van der Waals surface area contributed by atoms with Crippen molar-refractivity contribution in [2.24, 2.45) is 0 Å². The molecule has 184 valence electrons. The number of H-pyrrole nitrogens is 1. The van der Waals surface area contributed by atoms with Crippen LogP contribution in [-0.2, 0) is 14.9 Å². The number of aliphatic hydroxyl groups is 1. The number of nitrogens with zero attached hydrogens (tertiary/aromatic N) is 3. The van der Waals surface area contributed by atoms with E-state index in [0.717, 1.165) is 33.4 Å². The van der Waals surface area contributed by atoms with Gasteiger partial charge in [0.25, 0.3) is 0 Å². The number of ether oxygens (including phenoxy) is 1. The molecule has 0 unspecified atom stereocenters. The summed E-state index contributed by atoms with van der Waals surface area (Å²) in [6.07, 6.45) is 3.05. The number of hydrogen-bond acceptors (Lipinski definition) is 5. The van der Waals surface area contributed by atoms with Gasteiger partial charge in [-0.2, -0.15) is 5.10 Å². The fourth-order valence-electron chi connectivity index (χ4n) is 5.53. The van der Waals surface area contributed by atoms with Crippen molar-refractivity contribution in [1.82, 2.24) is 19.7 Å². The third-order valence-corrected chi connectivity index (χ3v) is 7.23. The minimum Gasteiger partial charge on any atom is -0.479 e. The first-order valence-electron chi connectivity index (χ1n) is 11.7. The van der Waals surface area contributed by atoms with Gasteiger partial charge in [-0.15, -0.1) is 0 Å². The summed E-state index contributed by atoms with van der Waals surface area (Å²) < 4.78 is 21.6. The predicted octanol–water partition coefficient (Wildman–Crippen LogP) is 4.44. The fraction of sp³-hybridized carbons (Fsp3) is 0.423. The molecule has 1 aromatic carbocycles. The molecule has 0 saturated heterocycles. The number of nitrogens with one attached hydrogen (secondary N) is 1. The van der Waals surface area contributed by atoms with E-state index >= 15 is 0 Å². The molecule has 0 spiro atoms. The van der Waals surface area contributed by atoms with Crippen LogP contribution in [0.1, 0.15) is 56.7 Å². The Hall–Kier alpha value is -3.30. The highest BCUT2D eigenvalue weighted by Gasteiger charge is 2.43. The minimum atomic E-state index is -1.71. The number of aliphatic carboxylic acids is 1. The summed E-state index contributed by atoms with van der Waals surface area (Å²) >= 11 is 0. The van der Waals surface area contributed by atoms with Gasteiger partial charge < -0.3 is 19.5 Å². The van der Waals surface area contributed by atoms with E-state index in [0.29, 0.717) is 25.1 Å². The van der Waals surface area contributed by atoms with Crippen molar-refractivity contribution >= 4 is 28.0 Å². The van der Waals surface area contributed by atoms with Crippen LogP contribution >= 0.6 is 0 Å². The first kappa shape index (κ1) is 23.4. The lowest BCUT2D eigenvalue weighted by Crippen LogP contribution is -2.42. The average Bonchev–Trinajstić information content (AvgIpc) is 3.41. The molecular weight excluding hydrogens is 451 g/mol. The first-order chi connectivity index (χ1) is 16.6.